The number of methoxy groups -OCH3 is 1. The molecule has 6 nitrogen and oxygen atoms in total. The number of hydrogen-bond acceptors (Lipinski definition) is 6. The summed E-state index contributed by atoms with van der Waals surface area (Å²) in [5.41, 5.74) is 8.40. The second-order valence-corrected chi connectivity index (χ2v) is 5.85. The van der Waals surface area contributed by atoms with Crippen molar-refractivity contribution in [2.24, 2.45) is 0 Å². The Balaban J connectivity index is 1.92. The molecule has 136 valence electrons. The van der Waals surface area contributed by atoms with Crippen LogP contribution in [0.15, 0.2) is 48.5 Å². The summed E-state index contributed by atoms with van der Waals surface area (Å²) in [6.07, 6.45) is 0. The number of hydrogen-bond donors (Lipinski definition) is 3. The number of nitrogens with zero attached hydrogens (tertiary/aromatic N) is 2. The van der Waals surface area contributed by atoms with Crippen molar-refractivity contribution in [2.75, 3.05) is 18.2 Å². The predicted octanol–water partition coefficient (Wildman–Crippen LogP) is 3.94. The van der Waals surface area contributed by atoms with Crippen molar-refractivity contribution in [2.45, 2.75) is 6.61 Å². The molecule has 0 spiro atoms. The van der Waals surface area contributed by atoms with Crippen molar-refractivity contribution < 1.29 is 14.2 Å². The van der Waals surface area contributed by atoms with Crippen LogP contribution >= 0.6 is 0 Å². The van der Waals surface area contributed by atoms with Gasteiger partial charge in [-0.25, -0.2) is 9.37 Å². The third-order valence-electron chi connectivity index (χ3n) is 3.94. The van der Waals surface area contributed by atoms with Crippen molar-refractivity contribution in [3.63, 3.8) is 0 Å². The summed E-state index contributed by atoms with van der Waals surface area (Å²) in [5.74, 6) is -0.347. The van der Waals surface area contributed by atoms with Gasteiger partial charge >= 0.3 is 0 Å². The highest BCUT2D eigenvalue weighted by Gasteiger charge is 2.11. The maximum Gasteiger partial charge on any atom is 0.146 e. The van der Waals surface area contributed by atoms with Gasteiger partial charge in [0.15, 0.2) is 0 Å². The minimum Gasteiger partial charge on any atom is -0.507 e. The minimum atomic E-state index is -0.417. The lowest BCUT2D eigenvalue weighted by molar-refractivity contribution is 0.184. The molecule has 0 aliphatic carbocycles. The van der Waals surface area contributed by atoms with Gasteiger partial charge in [0.1, 0.15) is 23.5 Å². The first kappa shape index (κ1) is 18.2. The van der Waals surface area contributed by atoms with Crippen molar-refractivity contribution >= 4 is 17.2 Å². The topological polar surface area (TPSA) is 104 Å². The third kappa shape index (κ3) is 3.97. The highest BCUT2D eigenvalue weighted by Crippen LogP contribution is 2.33. The molecule has 0 aliphatic rings. The molecule has 0 amide bonds. The lowest BCUT2D eigenvalue weighted by atomic mass is 10.1. The molecule has 4 N–H and O–H groups in total. The smallest absolute Gasteiger partial charge is 0.146 e. The number of phenolic OH excluding ortho intramolecular Hbond substituents is 1. The molecule has 0 saturated heterocycles. The van der Waals surface area contributed by atoms with Crippen LogP contribution in [0.25, 0.3) is 11.3 Å². The minimum absolute atomic E-state index is 0.00641. The molecule has 0 radical (unpaired) electrons. The van der Waals surface area contributed by atoms with Crippen LogP contribution < -0.4 is 11.1 Å². The second-order valence-electron chi connectivity index (χ2n) is 5.85. The summed E-state index contributed by atoms with van der Waals surface area (Å²) in [4.78, 5) is 4.15. The Hall–Kier alpha value is -3.63. The van der Waals surface area contributed by atoms with Gasteiger partial charge in [-0.2, -0.15) is 5.26 Å². The summed E-state index contributed by atoms with van der Waals surface area (Å²) in [6, 6.07) is 14.6. The van der Waals surface area contributed by atoms with Crippen molar-refractivity contribution in [1.29, 1.82) is 5.26 Å². The lowest BCUT2D eigenvalue weighted by Crippen LogP contribution is -1.98. The molecule has 0 saturated carbocycles. The first-order valence-electron chi connectivity index (χ1n) is 8.06. The van der Waals surface area contributed by atoms with E-state index in [1.807, 2.05) is 6.07 Å². The van der Waals surface area contributed by atoms with Crippen LogP contribution in [0.1, 0.15) is 11.1 Å². The van der Waals surface area contributed by atoms with Gasteiger partial charge in [-0.05, 0) is 48.0 Å². The molecule has 3 rings (SSSR count). The van der Waals surface area contributed by atoms with Crippen LogP contribution in [0.3, 0.4) is 0 Å². The fourth-order valence-corrected chi connectivity index (χ4v) is 2.61. The zero-order chi connectivity index (χ0) is 19.4. The second kappa shape index (κ2) is 7.72. The number of ether oxygens (including phenoxy) is 1. The number of anilines is 3. The molecule has 2 aromatic carbocycles. The molecular weight excluding hydrogens is 347 g/mol. The summed E-state index contributed by atoms with van der Waals surface area (Å²) in [6.45, 7) is 0.326. The number of nitrogen functional groups attached to an aromatic ring is 1. The average molecular weight is 364 g/mol. The van der Waals surface area contributed by atoms with Crippen LogP contribution in [0, 0.1) is 17.1 Å². The molecule has 0 fully saturated rings. The Kier molecular flexibility index (Phi) is 5.20. The van der Waals surface area contributed by atoms with E-state index < -0.39 is 5.82 Å². The van der Waals surface area contributed by atoms with Crippen LogP contribution in [0.5, 0.6) is 5.75 Å². The van der Waals surface area contributed by atoms with E-state index >= 15 is 0 Å². The normalized spacial score (nSPS) is 10.4. The summed E-state index contributed by atoms with van der Waals surface area (Å²) < 4.78 is 19.3. The molecule has 3 aromatic rings. The summed E-state index contributed by atoms with van der Waals surface area (Å²) >= 11 is 0. The molecule has 27 heavy (non-hydrogen) atoms. The largest absolute Gasteiger partial charge is 0.507 e. The van der Waals surface area contributed by atoms with Gasteiger partial charge in [-0.1, -0.05) is 6.07 Å². The molecule has 0 unspecified atom stereocenters. The number of benzene rings is 2. The van der Waals surface area contributed by atoms with E-state index in [1.165, 1.54) is 18.2 Å². The van der Waals surface area contributed by atoms with E-state index in [0.717, 1.165) is 5.56 Å². The van der Waals surface area contributed by atoms with E-state index in [9.17, 15) is 9.50 Å². The van der Waals surface area contributed by atoms with E-state index in [2.05, 4.69) is 10.3 Å². The van der Waals surface area contributed by atoms with E-state index in [-0.39, 0.29) is 17.1 Å². The SMILES string of the molecule is COCc1ccc(Nc2ccc(O)c(-c3ccc(C#N)c(N)n3)c2)c(F)c1. The Morgan fingerprint density at radius 3 is 2.70 bits per heavy atom. The standard InChI is InChI=1S/C20H17FN4O2/c1-27-11-12-2-5-18(16(21)8-12)24-14-4-7-19(26)15(9-14)17-6-3-13(10-22)20(23)25-17/h2-9,24,26H,11H2,1H3,(H2,23,25). The lowest BCUT2D eigenvalue weighted by Gasteiger charge is -2.12. The number of halogens is 1. The van der Waals surface area contributed by atoms with Gasteiger partial charge in [0.25, 0.3) is 0 Å². The Morgan fingerprint density at radius 2 is 2.04 bits per heavy atom. The fraction of sp³-hybridized carbons (Fsp3) is 0.100. The summed E-state index contributed by atoms with van der Waals surface area (Å²) in [7, 11) is 1.55. The van der Waals surface area contributed by atoms with E-state index in [1.54, 1.807) is 37.4 Å². The number of aromatic hydroxyl groups is 1. The molecule has 0 aliphatic heterocycles. The highest BCUT2D eigenvalue weighted by atomic mass is 19.1. The number of nitrogens with two attached hydrogens (primary N) is 1. The molecule has 0 atom stereocenters. The van der Waals surface area contributed by atoms with Gasteiger partial charge in [-0.3, -0.25) is 0 Å². The summed E-state index contributed by atoms with van der Waals surface area (Å²) in [5, 5.41) is 22.1. The van der Waals surface area contributed by atoms with Crippen molar-refractivity contribution in [1.82, 2.24) is 4.98 Å². The number of nitriles is 1. The number of aromatic nitrogens is 1. The quantitative estimate of drug-likeness (QED) is 0.593. The van der Waals surface area contributed by atoms with E-state index in [4.69, 9.17) is 15.7 Å². The van der Waals surface area contributed by atoms with Crippen LogP contribution in [-0.4, -0.2) is 17.2 Å². The third-order valence-corrected chi connectivity index (χ3v) is 3.94. The highest BCUT2D eigenvalue weighted by molar-refractivity contribution is 5.75. The van der Waals surface area contributed by atoms with Gasteiger partial charge in [0.2, 0.25) is 0 Å². The van der Waals surface area contributed by atoms with Crippen molar-refractivity contribution in [3.05, 3.63) is 65.5 Å². The fourth-order valence-electron chi connectivity index (χ4n) is 2.61. The van der Waals surface area contributed by atoms with Gasteiger partial charge in [0.05, 0.1) is 23.6 Å². The van der Waals surface area contributed by atoms with Gasteiger partial charge in [-0.15, -0.1) is 0 Å². The Morgan fingerprint density at radius 1 is 1.22 bits per heavy atom. The first-order chi connectivity index (χ1) is 13.0. The average Bonchev–Trinajstić information content (AvgIpc) is 2.65. The Labute approximate surface area is 155 Å². The van der Waals surface area contributed by atoms with Crippen LogP contribution in [0.4, 0.5) is 21.6 Å². The maximum absolute atomic E-state index is 14.3. The van der Waals surface area contributed by atoms with Gasteiger partial charge < -0.3 is 20.9 Å². The molecular formula is C20H17FN4O2. The van der Waals surface area contributed by atoms with Gasteiger partial charge in [0, 0.05) is 18.4 Å². The molecule has 1 heterocycles. The van der Waals surface area contributed by atoms with Crippen LogP contribution in [0.2, 0.25) is 0 Å². The number of rotatable bonds is 5. The number of nitrogens with one attached hydrogen (secondary N) is 1. The van der Waals surface area contributed by atoms with Crippen LogP contribution in [-0.2, 0) is 11.3 Å². The number of phenols is 1. The number of pyridine rings is 1. The van der Waals surface area contributed by atoms with E-state index in [0.29, 0.717) is 29.2 Å². The zero-order valence-electron chi connectivity index (χ0n) is 14.5. The maximum atomic E-state index is 14.3. The molecule has 1 aromatic heterocycles. The zero-order valence-corrected chi connectivity index (χ0v) is 14.5. The predicted molar refractivity (Wildman–Crippen MR) is 101 cm³/mol. The molecule has 0 bridgehead atoms. The molecule has 7 heteroatoms. The monoisotopic (exact) mass is 364 g/mol. The van der Waals surface area contributed by atoms with Crippen molar-refractivity contribution in [3.8, 4) is 23.1 Å². The first-order valence-corrected chi connectivity index (χ1v) is 8.06. The Bertz CT molecular complexity index is 1030.